The first-order valence-corrected chi connectivity index (χ1v) is 14.4. The van der Waals surface area contributed by atoms with E-state index in [-0.39, 0.29) is 30.1 Å². The van der Waals surface area contributed by atoms with Crippen LogP contribution >= 0.6 is 12.4 Å². The number of hydrogen-bond acceptors (Lipinski definition) is 8. The summed E-state index contributed by atoms with van der Waals surface area (Å²) in [7, 11) is -3.23. The molecule has 0 radical (unpaired) electrons. The summed E-state index contributed by atoms with van der Waals surface area (Å²) in [5.74, 6) is 1.32. The minimum absolute atomic E-state index is 0. The number of hydrogen-bond donors (Lipinski definition) is 4. The number of piperidine rings is 1. The van der Waals surface area contributed by atoms with E-state index in [9.17, 15) is 27.9 Å². The molecule has 40 heavy (non-hydrogen) atoms. The van der Waals surface area contributed by atoms with Crippen LogP contribution in [0.3, 0.4) is 0 Å². The van der Waals surface area contributed by atoms with Crippen molar-refractivity contribution in [3.63, 3.8) is 0 Å². The van der Waals surface area contributed by atoms with Gasteiger partial charge in [-0.15, -0.1) is 12.4 Å². The third-order valence-corrected chi connectivity index (χ3v) is 8.92. The second-order valence-electron chi connectivity index (χ2n) is 9.90. The molecule has 0 spiro atoms. The Bertz CT molecular complexity index is 1390. The number of rotatable bonds is 10. The van der Waals surface area contributed by atoms with Crippen LogP contribution in [0, 0.1) is 5.92 Å². The normalized spacial score (nSPS) is 22.2. The Labute approximate surface area is 239 Å². The number of carboxylic acids is 1. The van der Waals surface area contributed by atoms with Gasteiger partial charge in [0.25, 0.3) is 11.6 Å². The molecule has 1 aliphatic heterocycles. The average molecular weight is 595 g/mol. The van der Waals surface area contributed by atoms with Gasteiger partial charge >= 0.3 is 5.97 Å². The maximum atomic E-state index is 14.3. The lowest BCUT2D eigenvalue weighted by Gasteiger charge is -2.43. The Balaban J connectivity index is 0.00000441. The zero-order valence-electron chi connectivity index (χ0n) is 22.3. The van der Waals surface area contributed by atoms with Crippen molar-refractivity contribution < 1.29 is 27.9 Å². The molecule has 1 saturated heterocycles. The van der Waals surface area contributed by atoms with Crippen LogP contribution in [-0.4, -0.2) is 85.2 Å². The van der Waals surface area contributed by atoms with Crippen molar-refractivity contribution in [1.82, 2.24) is 19.8 Å². The van der Waals surface area contributed by atoms with Gasteiger partial charge in [0.1, 0.15) is 0 Å². The van der Waals surface area contributed by atoms with E-state index >= 15 is 0 Å². The number of carbonyl (C=O) groups excluding carboxylic acids is 2. The quantitative estimate of drug-likeness (QED) is 0.104. The van der Waals surface area contributed by atoms with Gasteiger partial charge in [-0.1, -0.05) is 43.3 Å². The molecule has 12 nitrogen and oxygen atoms in total. The summed E-state index contributed by atoms with van der Waals surface area (Å²) in [6.45, 7) is 2.68. The molecule has 1 heterocycles. The van der Waals surface area contributed by atoms with Crippen molar-refractivity contribution in [2.45, 2.75) is 55.2 Å². The molecule has 2 aromatic rings. The summed E-state index contributed by atoms with van der Waals surface area (Å²) in [5.41, 5.74) is -2.95. The smallest absolute Gasteiger partial charge is 0.356 e. The number of nitrogens with one attached hydrogen (secondary N) is 2. The van der Waals surface area contributed by atoms with Crippen LogP contribution in [0.15, 0.2) is 52.5 Å². The number of likely N-dealkylation sites (N-methyl/N-ethyl adjacent to an activating group) is 1. The minimum atomic E-state index is -4.67. The van der Waals surface area contributed by atoms with Crippen molar-refractivity contribution in [2.24, 2.45) is 16.9 Å². The molecule has 1 saturated carbocycles. The van der Waals surface area contributed by atoms with Gasteiger partial charge in [0.05, 0.1) is 4.90 Å². The second kappa shape index (κ2) is 12.5. The molecule has 0 aromatic heterocycles. The highest BCUT2D eigenvalue weighted by molar-refractivity contribution is 7.89. The lowest BCUT2D eigenvalue weighted by atomic mass is 10.0. The van der Waals surface area contributed by atoms with Crippen LogP contribution in [0.4, 0.5) is 0 Å². The number of fused-ring (bicyclic) bond motifs is 1. The van der Waals surface area contributed by atoms with Crippen molar-refractivity contribution in [3.8, 4) is 0 Å². The summed E-state index contributed by atoms with van der Waals surface area (Å²) in [5, 5.41) is 18.4. The third kappa shape index (κ3) is 5.78. The van der Waals surface area contributed by atoms with Crippen LogP contribution in [0.1, 0.15) is 32.6 Å². The SMILES string of the molecule is CCC(=O)N(C1C[C@@H]1C=NN)[C@@](NS(=O)(=O)c1cccc2ccccc12)(C(=O)O)C(=O)N(C)C1CCCNC1.Cl. The van der Waals surface area contributed by atoms with Gasteiger partial charge in [-0.05, 0) is 37.3 Å². The predicted molar refractivity (Wildman–Crippen MR) is 152 cm³/mol. The fraction of sp³-hybridized carbons (Fsp3) is 0.462. The molecule has 2 aliphatic rings. The lowest BCUT2D eigenvalue weighted by Crippen LogP contribution is -2.75. The summed E-state index contributed by atoms with van der Waals surface area (Å²) >= 11 is 0. The van der Waals surface area contributed by atoms with Crippen molar-refractivity contribution in [1.29, 1.82) is 0 Å². The third-order valence-electron chi connectivity index (χ3n) is 7.43. The van der Waals surface area contributed by atoms with Crippen LogP contribution in [-0.2, 0) is 24.4 Å². The van der Waals surface area contributed by atoms with Gasteiger partial charge in [-0.25, -0.2) is 13.2 Å². The van der Waals surface area contributed by atoms with E-state index in [0.717, 1.165) is 17.9 Å². The molecule has 2 aromatic carbocycles. The van der Waals surface area contributed by atoms with E-state index < -0.39 is 51.5 Å². The highest BCUT2D eigenvalue weighted by atomic mass is 35.5. The molecule has 0 bridgehead atoms. The Morgan fingerprint density at radius 1 is 1.23 bits per heavy atom. The molecule has 4 rings (SSSR count). The standard InChI is InChI=1S/C26H34N6O6S.ClH/c1-3-23(33)32(21-14-18(21)15-29-27)26(25(35)36,24(34)31(2)19-10-7-13-28-16-19)30-39(37,38)22-12-6-9-17-8-4-5-11-20(17)22;/h4-6,8-9,11-12,15,18-19,21,28,30H,3,7,10,13-14,16,27H2,1-2H3,(H,35,36);1H/t18-,19?,21?,26-;/m1./s1. The molecule has 4 atom stereocenters. The fourth-order valence-corrected chi connectivity index (χ4v) is 6.76. The number of nitrogens with two attached hydrogens (primary N) is 1. The zero-order valence-corrected chi connectivity index (χ0v) is 24.0. The van der Waals surface area contributed by atoms with Gasteiger partial charge in [0.15, 0.2) is 0 Å². The summed E-state index contributed by atoms with van der Waals surface area (Å²) in [4.78, 5) is 42.8. The van der Waals surface area contributed by atoms with E-state index in [2.05, 4.69) is 15.1 Å². The number of benzene rings is 2. The zero-order chi connectivity index (χ0) is 28.4. The van der Waals surface area contributed by atoms with Crippen LogP contribution in [0.2, 0.25) is 0 Å². The molecule has 1 aliphatic carbocycles. The Morgan fingerprint density at radius 2 is 1.93 bits per heavy atom. The number of aliphatic carboxylic acids is 1. The number of sulfonamides is 1. The maximum Gasteiger partial charge on any atom is 0.356 e. The van der Waals surface area contributed by atoms with Crippen molar-refractivity contribution in [3.05, 3.63) is 42.5 Å². The number of carboxylic acid groups (broad SMARTS) is 1. The fourth-order valence-electron chi connectivity index (χ4n) is 5.26. The molecular weight excluding hydrogens is 560 g/mol. The van der Waals surface area contributed by atoms with Gasteiger partial charge in [0, 0.05) is 49.6 Å². The van der Waals surface area contributed by atoms with E-state index in [1.165, 1.54) is 37.2 Å². The van der Waals surface area contributed by atoms with E-state index in [4.69, 9.17) is 5.84 Å². The Kier molecular flexibility index (Phi) is 9.77. The molecular formula is C26H35ClN6O6S. The van der Waals surface area contributed by atoms with E-state index in [1.807, 2.05) is 0 Å². The minimum Gasteiger partial charge on any atom is -0.478 e. The average Bonchev–Trinajstić information content (AvgIpc) is 3.69. The molecule has 5 N–H and O–H groups in total. The monoisotopic (exact) mass is 594 g/mol. The van der Waals surface area contributed by atoms with Crippen molar-refractivity contribution in [2.75, 3.05) is 20.1 Å². The summed E-state index contributed by atoms with van der Waals surface area (Å²) < 4.78 is 30.2. The van der Waals surface area contributed by atoms with Gasteiger partial charge in [0.2, 0.25) is 15.9 Å². The van der Waals surface area contributed by atoms with Crippen LogP contribution in [0.25, 0.3) is 10.8 Å². The maximum absolute atomic E-state index is 14.3. The number of halogens is 1. The van der Waals surface area contributed by atoms with Gasteiger partial charge < -0.3 is 26.1 Å². The second-order valence-corrected chi connectivity index (χ2v) is 11.5. The van der Waals surface area contributed by atoms with Crippen LogP contribution in [0.5, 0.6) is 0 Å². The van der Waals surface area contributed by atoms with E-state index in [0.29, 0.717) is 23.7 Å². The van der Waals surface area contributed by atoms with Gasteiger partial charge in [-0.2, -0.15) is 9.82 Å². The summed E-state index contributed by atoms with van der Waals surface area (Å²) in [6.07, 6.45) is 2.83. The number of amides is 2. The molecule has 14 heteroatoms. The molecule has 2 fully saturated rings. The molecule has 2 amide bonds. The Hall–Kier alpha value is -3.26. The molecule has 218 valence electrons. The Morgan fingerprint density at radius 3 is 2.55 bits per heavy atom. The van der Waals surface area contributed by atoms with E-state index in [1.54, 1.807) is 30.3 Å². The topological polar surface area (TPSA) is 174 Å². The highest BCUT2D eigenvalue weighted by Crippen LogP contribution is 2.40. The summed E-state index contributed by atoms with van der Waals surface area (Å²) in [6, 6.07) is 10.1. The first kappa shape index (κ1) is 31.3. The van der Waals surface area contributed by atoms with Crippen LogP contribution < -0.4 is 15.9 Å². The first-order valence-electron chi connectivity index (χ1n) is 12.9. The largest absolute Gasteiger partial charge is 0.478 e. The number of carbonyl (C=O) groups is 3. The highest BCUT2D eigenvalue weighted by Gasteiger charge is 2.63. The predicted octanol–water partition coefficient (Wildman–Crippen LogP) is 1.10. The van der Waals surface area contributed by atoms with Gasteiger partial charge in [-0.3, -0.25) is 9.59 Å². The number of hydrazone groups is 1. The van der Waals surface area contributed by atoms with Crippen molar-refractivity contribution >= 4 is 57.2 Å². The lowest BCUT2D eigenvalue weighted by molar-refractivity contribution is -0.172. The molecule has 2 unspecified atom stereocenters. The number of nitrogens with zero attached hydrogens (tertiary/aromatic N) is 3. The first-order chi connectivity index (χ1) is 18.6.